The number of aliphatic hydroxyl groups excluding tert-OH is 1. The summed E-state index contributed by atoms with van der Waals surface area (Å²) in [5.74, 6) is -1.60. The van der Waals surface area contributed by atoms with Gasteiger partial charge in [0.1, 0.15) is 5.60 Å². The molecule has 5 nitrogen and oxygen atoms in total. The van der Waals surface area contributed by atoms with Crippen LogP contribution >= 0.6 is 0 Å². The SMILES string of the molecule is C[C@@H]1[C@]2(C)CO[C@@]1(O)C[C@@]13CC(=O)O[C@]12C[C@H](O)[C@@H]3C. The fourth-order valence-corrected chi connectivity index (χ4v) is 5.78. The van der Waals surface area contributed by atoms with Gasteiger partial charge in [-0.05, 0) is 5.92 Å². The van der Waals surface area contributed by atoms with Crippen LogP contribution in [0.15, 0.2) is 0 Å². The van der Waals surface area contributed by atoms with Gasteiger partial charge < -0.3 is 19.7 Å². The smallest absolute Gasteiger partial charge is 0.307 e. The van der Waals surface area contributed by atoms with E-state index in [1.165, 1.54) is 0 Å². The van der Waals surface area contributed by atoms with E-state index in [1.54, 1.807) is 0 Å². The van der Waals surface area contributed by atoms with Crippen molar-refractivity contribution in [2.75, 3.05) is 6.61 Å². The van der Waals surface area contributed by atoms with Crippen LogP contribution in [0.3, 0.4) is 0 Å². The van der Waals surface area contributed by atoms with Crippen LogP contribution in [-0.4, -0.2) is 40.3 Å². The van der Waals surface area contributed by atoms with Gasteiger partial charge in [0.15, 0.2) is 5.79 Å². The van der Waals surface area contributed by atoms with E-state index in [0.29, 0.717) is 19.4 Å². The minimum Gasteiger partial charge on any atom is -0.458 e. The van der Waals surface area contributed by atoms with E-state index in [9.17, 15) is 15.0 Å². The highest BCUT2D eigenvalue weighted by atomic mass is 16.6. The minimum absolute atomic E-state index is 0.0750. The van der Waals surface area contributed by atoms with E-state index in [0.717, 1.165) is 0 Å². The average Bonchev–Trinajstić information content (AvgIpc) is 2.83. The van der Waals surface area contributed by atoms with E-state index in [2.05, 4.69) is 0 Å². The van der Waals surface area contributed by atoms with Gasteiger partial charge in [-0.25, -0.2) is 0 Å². The first-order chi connectivity index (χ1) is 9.21. The van der Waals surface area contributed by atoms with E-state index >= 15 is 0 Å². The molecule has 2 bridgehead atoms. The number of hydrogen-bond donors (Lipinski definition) is 2. The maximum atomic E-state index is 12.1. The second-order valence-corrected chi connectivity index (χ2v) is 7.64. The third kappa shape index (κ3) is 1.02. The molecule has 2 heterocycles. The molecule has 0 unspecified atom stereocenters. The number of carbonyl (C=O) groups is 1. The first kappa shape index (κ1) is 13.0. The predicted octanol–water partition coefficient (Wildman–Crippen LogP) is 0.824. The summed E-state index contributed by atoms with van der Waals surface area (Å²) in [6.45, 7) is 6.34. The maximum absolute atomic E-state index is 12.1. The fourth-order valence-electron chi connectivity index (χ4n) is 5.78. The summed E-state index contributed by atoms with van der Waals surface area (Å²) in [7, 11) is 0. The standard InChI is InChI=1S/C15H22O5/c1-8-10(16)4-15-12(3)7-19-14(18,9(12)2)6-13(8,15)5-11(17)20-15/h8-10,16,18H,4-7H2,1-3H3/t8-,9+,10-,12-,13+,14-,15-/m0/s1. The summed E-state index contributed by atoms with van der Waals surface area (Å²) < 4.78 is 11.6. The van der Waals surface area contributed by atoms with Crippen molar-refractivity contribution >= 4 is 5.97 Å². The lowest BCUT2D eigenvalue weighted by Gasteiger charge is -2.56. The molecule has 2 aliphatic heterocycles. The lowest BCUT2D eigenvalue weighted by atomic mass is 9.48. The summed E-state index contributed by atoms with van der Waals surface area (Å²) in [4.78, 5) is 12.1. The molecular formula is C15H22O5. The second-order valence-electron chi connectivity index (χ2n) is 7.64. The highest BCUT2D eigenvalue weighted by molar-refractivity contribution is 5.75. The van der Waals surface area contributed by atoms with Crippen molar-refractivity contribution in [3.8, 4) is 0 Å². The summed E-state index contributed by atoms with van der Waals surface area (Å²) in [6, 6.07) is 0. The third-order valence-electron chi connectivity index (χ3n) is 7.24. The maximum Gasteiger partial charge on any atom is 0.307 e. The van der Waals surface area contributed by atoms with Crippen molar-refractivity contribution in [1.82, 2.24) is 0 Å². The second kappa shape index (κ2) is 3.23. The van der Waals surface area contributed by atoms with E-state index in [4.69, 9.17) is 9.47 Å². The Hall–Kier alpha value is -0.650. The molecule has 7 atom stereocenters. The van der Waals surface area contributed by atoms with Crippen molar-refractivity contribution in [2.24, 2.45) is 22.7 Å². The van der Waals surface area contributed by atoms with Crippen LogP contribution in [0.2, 0.25) is 0 Å². The summed E-state index contributed by atoms with van der Waals surface area (Å²) in [5, 5.41) is 21.3. The van der Waals surface area contributed by atoms with Gasteiger partial charge in [0, 0.05) is 29.6 Å². The molecule has 0 radical (unpaired) electrons. The minimum atomic E-state index is -1.20. The number of fused-ring (bicyclic) bond motifs is 2. The molecule has 2 saturated heterocycles. The van der Waals surface area contributed by atoms with E-state index in [-0.39, 0.29) is 24.2 Å². The zero-order valence-electron chi connectivity index (χ0n) is 12.2. The first-order valence-electron chi connectivity index (χ1n) is 7.47. The van der Waals surface area contributed by atoms with E-state index in [1.807, 2.05) is 20.8 Å². The van der Waals surface area contributed by atoms with Gasteiger partial charge in [-0.15, -0.1) is 0 Å². The molecule has 0 aromatic carbocycles. The highest BCUT2D eigenvalue weighted by Crippen LogP contribution is 2.75. The largest absolute Gasteiger partial charge is 0.458 e. The van der Waals surface area contributed by atoms with E-state index < -0.39 is 28.3 Å². The number of hydrogen-bond acceptors (Lipinski definition) is 5. The van der Waals surface area contributed by atoms with Crippen LogP contribution in [0.1, 0.15) is 40.0 Å². The quantitative estimate of drug-likeness (QED) is 0.643. The Morgan fingerprint density at radius 3 is 2.75 bits per heavy atom. The lowest BCUT2D eigenvalue weighted by Crippen LogP contribution is -2.64. The number of carbonyl (C=O) groups excluding carboxylic acids is 1. The Morgan fingerprint density at radius 1 is 1.35 bits per heavy atom. The van der Waals surface area contributed by atoms with Gasteiger partial charge in [-0.2, -0.15) is 0 Å². The Balaban J connectivity index is 1.97. The normalized spacial score (nSPS) is 64.0. The van der Waals surface area contributed by atoms with Gasteiger partial charge in [0.2, 0.25) is 0 Å². The van der Waals surface area contributed by atoms with Crippen molar-refractivity contribution in [3.05, 3.63) is 0 Å². The number of ether oxygens (including phenoxy) is 2. The fraction of sp³-hybridized carbons (Fsp3) is 0.933. The van der Waals surface area contributed by atoms with Crippen LogP contribution in [-0.2, 0) is 14.3 Å². The molecule has 2 N–H and O–H groups in total. The Kier molecular flexibility index (Phi) is 2.11. The Bertz CT molecular complexity index is 506. The first-order valence-corrected chi connectivity index (χ1v) is 7.47. The molecule has 4 rings (SSSR count). The summed E-state index contributed by atoms with van der Waals surface area (Å²) in [6.07, 6.45) is 0.621. The van der Waals surface area contributed by atoms with Crippen LogP contribution in [0.5, 0.6) is 0 Å². The van der Waals surface area contributed by atoms with Crippen molar-refractivity contribution in [3.63, 3.8) is 0 Å². The third-order valence-corrected chi connectivity index (χ3v) is 7.24. The molecule has 5 heteroatoms. The lowest BCUT2D eigenvalue weighted by molar-refractivity contribution is -0.257. The van der Waals surface area contributed by atoms with Crippen LogP contribution in [0.25, 0.3) is 0 Å². The zero-order valence-corrected chi connectivity index (χ0v) is 12.2. The molecule has 0 amide bonds. The van der Waals surface area contributed by atoms with Gasteiger partial charge in [0.25, 0.3) is 0 Å². The molecule has 4 aliphatic rings. The van der Waals surface area contributed by atoms with Crippen molar-refractivity contribution in [2.45, 2.75) is 57.5 Å². The van der Waals surface area contributed by atoms with Crippen LogP contribution in [0, 0.1) is 22.7 Å². The number of esters is 1. The molecule has 2 saturated carbocycles. The predicted molar refractivity (Wildman–Crippen MR) is 68.5 cm³/mol. The number of aliphatic hydroxyl groups is 2. The molecular weight excluding hydrogens is 260 g/mol. The van der Waals surface area contributed by atoms with Crippen molar-refractivity contribution < 1.29 is 24.5 Å². The van der Waals surface area contributed by atoms with Gasteiger partial charge in [-0.1, -0.05) is 20.8 Å². The molecule has 2 aliphatic carbocycles. The van der Waals surface area contributed by atoms with Crippen molar-refractivity contribution in [1.29, 1.82) is 0 Å². The summed E-state index contributed by atoms with van der Waals surface area (Å²) >= 11 is 0. The average molecular weight is 282 g/mol. The van der Waals surface area contributed by atoms with Gasteiger partial charge in [-0.3, -0.25) is 4.79 Å². The van der Waals surface area contributed by atoms with Crippen LogP contribution < -0.4 is 0 Å². The van der Waals surface area contributed by atoms with Gasteiger partial charge >= 0.3 is 5.97 Å². The van der Waals surface area contributed by atoms with Gasteiger partial charge in [0.05, 0.1) is 19.1 Å². The van der Waals surface area contributed by atoms with Crippen LogP contribution in [0.4, 0.5) is 0 Å². The summed E-state index contributed by atoms with van der Waals surface area (Å²) in [5.41, 5.74) is -1.65. The highest BCUT2D eigenvalue weighted by Gasteiger charge is 2.83. The zero-order chi connectivity index (χ0) is 14.6. The molecule has 0 aromatic heterocycles. The molecule has 0 spiro atoms. The molecule has 4 fully saturated rings. The molecule has 20 heavy (non-hydrogen) atoms. The molecule has 0 aromatic rings. The Morgan fingerprint density at radius 2 is 2.05 bits per heavy atom. The molecule has 112 valence electrons. The Labute approximate surface area is 118 Å². The number of rotatable bonds is 0. The monoisotopic (exact) mass is 282 g/mol. The topological polar surface area (TPSA) is 76.0 Å².